The van der Waals surface area contributed by atoms with E-state index in [9.17, 15) is 9.90 Å². The molecule has 0 aliphatic carbocycles. The van der Waals surface area contributed by atoms with Crippen molar-refractivity contribution in [2.45, 2.75) is 122 Å². The molecule has 2 nitrogen and oxygen atoms in total. The number of hydrogen-bond donors (Lipinski definition) is 1. The fourth-order valence-corrected chi connectivity index (χ4v) is 3.81. The Hall–Kier alpha value is -1.15. The van der Waals surface area contributed by atoms with Gasteiger partial charge in [-0.15, -0.1) is 0 Å². The molecule has 1 unspecified atom stereocenters. The van der Waals surface area contributed by atoms with E-state index in [0.717, 1.165) is 12.8 Å². The van der Waals surface area contributed by atoms with Gasteiger partial charge in [0.25, 0.3) is 0 Å². The smallest absolute Gasteiger partial charge is 0.165 e. The van der Waals surface area contributed by atoms with Crippen molar-refractivity contribution in [3.63, 3.8) is 0 Å². The van der Waals surface area contributed by atoms with E-state index in [4.69, 9.17) is 0 Å². The topological polar surface area (TPSA) is 37.3 Å². The van der Waals surface area contributed by atoms with Crippen molar-refractivity contribution in [2.75, 3.05) is 0 Å². The van der Waals surface area contributed by atoms with Crippen molar-refractivity contribution in [1.82, 2.24) is 0 Å². The molecule has 0 saturated carbocycles. The Labute approximate surface area is 174 Å². The average Bonchev–Trinajstić information content (AvgIpc) is 2.71. The Bertz CT molecular complexity index is 469. The standard InChI is InChI=1S/C26H44O2/c1-2-3-4-5-6-7-8-9-10-11-12-13-14-15-19-22-25(27)23-26(28)24-20-17-16-18-21-24/h16-18,20-21,25,27H,2-15,19,22-23H2,1H3. The summed E-state index contributed by atoms with van der Waals surface area (Å²) >= 11 is 0. The maximum atomic E-state index is 12.1. The van der Waals surface area contributed by atoms with Crippen LogP contribution in [0.5, 0.6) is 0 Å². The molecule has 0 amide bonds. The minimum absolute atomic E-state index is 0.0501. The third-order valence-corrected chi connectivity index (χ3v) is 5.66. The van der Waals surface area contributed by atoms with Crippen LogP contribution < -0.4 is 0 Å². The van der Waals surface area contributed by atoms with Gasteiger partial charge in [0.15, 0.2) is 5.78 Å². The van der Waals surface area contributed by atoms with E-state index in [2.05, 4.69) is 6.92 Å². The Balaban J connectivity index is 1.83. The summed E-state index contributed by atoms with van der Waals surface area (Å²) in [4.78, 5) is 12.1. The second kappa shape index (κ2) is 17.9. The summed E-state index contributed by atoms with van der Waals surface area (Å²) in [6, 6.07) is 9.29. The maximum Gasteiger partial charge on any atom is 0.165 e. The number of hydrogen-bond acceptors (Lipinski definition) is 2. The van der Waals surface area contributed by atoms with Crippen LogP contribution in [0.2, 0.25) is 0 Å². The summed E-state index contributed by atoms with van der Waals surface area (Å²) in [7, 11) is 0. The van der Waals surface area contributed by atoms with Crippen LogP contribution in [0.1, 0.15) is 126 Å². The van der Waals surface area contributed by atoms with E-state index in [-0.39, 0.29) is 12.2 Å². The fraction of sp³-hybridized carbons (Fsp3) is 0.731. The van der Waals surface area contributed by atoms with Crippen molar-refractivity contribution in [3.05, 3.63) is 35.9 Å². The molecule has 1 N–H and O–H groups in total. The number of unbranched alkanes of at least 4 members (excludes halogenated alkanes) is 14. The van der Waals surface area contributed by atoms with Gasteiger partial charge in [-0.2, -0.15) is 0 Å². The molecular formula is C26H44O2. The number of benzene rings is 1. The van der Waals surface area contributed by atoms with E-state index in [0.29, 0.717) is 5.56 Å². The Morgan fingerprint density at radius 3 is 1.61 bits per heavy atom. The first-order valence-corrected chi connectivity index (χ1v) is 12.0. The van der Waals surface area contributed by atoms with E-state index in [1.165, 1.54) is 89.9 Å². The number of rotatable bonds is 19. The van der Waals surface area contributed by atoms with Gasteiger partial charge in [0.2, 0.25) is 0 Å². The highest BCUT2D eigenvalue weighted by Gasteiger charge is 2.12. The largest absolute Gasteiger partial charge is 0.393 e. The lowest BCUT2D eigenvalue weighted by atomic mass is 10.0. The zero-order valence-electron chi connectivity index (χ0n) is 18.3. The van der Waals surface area contributed by atoms with Gasteiger partial charge in [0.05, 0.1) is 6.10 Å². The van der Waals surface area contributed by atoms with Crippen molar-refractivity contribution in [2.24, 2.45) is 0 Å². The molecule has 0 heterocycles. The first kappa shape index (κ1) is 24.9. The SMILES string of the molecule is CCCCCCCCCCCCCCCCCC(O)CC(=O)c1ccccc1. The quantitative estimate of drug-likeness (QED) is 0.193. The predicted octanol–water partition coefficient (Wildman–Crippen LogP) is 7.88. The molecule has 0 aromatic heterocycles. The highest BCUT2D eigenvalue weighted by Crippen LogP contribution is 2.15. The van der Waals surface area contributed by atoms with Gasteiger partial charge in [0, 0.05) is 12.0 Å². The highest BCUT2D eigenvalue weighted by atomic mass is 16.3. The molecule has 0 spiro atoms. The zero-order valence-corrected chi connectivity index (χ0v) is 18.3. The minimum Gasteiger partial charge on any atom is -0.393 e. The lowest BCUT2D eigenvalue weighted by Gasteiger charge is -2.09. The molecule has 0 saturated heterocycles. The van der Waals surface area contributed by atoms with Crippen molar-refractivity contribution in [1.29, 1.82) is 0 Å². The molecule has 160 valence electrons. The van der Waals surface area contributed by atoms with Crippen LogP contribution in [0, 0.1) is 0 Å². The number of carbonyl (C=O) groups excluding carboxylic acids is 1. The van der Waals surface area contributed by atoms with Crippen LogP contribution in [-0.4, -0.2) is 17.0 Å². The number of ketones is 1. The molecule has 2 heteroatoms. The van der Waals surface area contributed by atoms with Gasteiger partial charge in [0.1, 0.15) is 0 Å². The minimum atomic E-state index is -0.491. The summed E-state index contributed by atoms with van der Waals surface area (Å²) < 4.78 is 0. The van der Waals surface area contributed by atoms with Crippen LogP contribution >= 0.6 is 0 Å². The summed E-state index contributed by atoms with van der Waals surface area (Å²) in [6.45, 7) is 2.28. The second-order valence-corrected chi connectivity index (χ2v) is 8.39. The van der Waals surface area contributed by atoms with Crippen molar-refractivity contribution >= 4 is 5.78 Å². The summed E-state index contributed by atoms with van der Waals surface area (Å²) in [5.41, 5.74) is 0.707. The van der Waals surface area contributed by atoms with Crippen LogP contribution in [0.3, 0.4) is 0 Å². The van der Waals surface area contributed by atoms with E-state index in [1.54, 1.807) is 0 Å². The second-order valence-electron chi connectivity index (χ2n) is 8.39. The Morgan fingerprint density at radius 1 is 0.714 bits per heavy atom. The number of aliphatic hydroxyl groups excluding tert-OH is 1. The van der Waals surface area contributed by atoms with Crippen LogP contribution in [0.4, 0.5) is 0 Å². The van der Waals surface area contributed by atoms with Gasteiger partial charge in [-0.05, 0) is 6.42 Å². The van der Waals surface area contributed by atoms with Crippen molar-refractivity contribution in [3.8, 4) is 0 Å². The lowest BCUT2D eigenvalue weighted by molar-refractivity contribution is 0.0864. The van der Waals surface area contributed by atoms with Crippen molar-refractivity contribution < 1.29 is 9.90 Å². The summed E-state index contributed by atoms with van der Waals surface area (Å²) in [5, 5.41) is 10.1. The number of carbonyl (C=O) groups is 1. The third kappa shape index (κ3) is 13.9. The lowest BCUT2D eigenvalue weighted by Crippen LogP contribution is -2.13. The average molecular weight is 389 g/mol. The normalized spacial score (nSPS) is 12.2. The first-order chi connectivity index (χ1) is 13.7. The van der Waals surface area contributed by atoms with Gasteiger partial charge in [-0.1, -0.05) is 134 Å². The van der Waals surface area contributed by atoms with Gasteiger partial charge >= 0.3 is 0 Å². The van der Waals surface area contributed by atoms with Gasteiger partial charge in [-0.25, -0.2) is 0 Å². The third-order valence-electron chi connectivity index (χ3n) is 5.66. The van der Waals surface area contributed by atoms with Crippen LogP contribution in [0.15, 0.2) is 30.3 Å². The number of Topliss-reactive ketones (excluding diaryl/α,β-unsaturated/α-hetero) is 1. The highest BCUT2D eigenvalue weighted by molar-refractivity contribution is 5.96. The summed E-state index contributed by atoms with van der Waals surface area (Å²) in [6.07, 6.45) is 20.7. The molecular weight excluding hydrogens is 344 g/mol. The zero-order chi connectivity index (χ0) is 20.3. The van der Waals surface area contributed by atoms with Gasteiger partial charge in [-0.3, -0.25) is 4.79 Å². The van der Waals surface area contributed by atoms with E-state index in [1.807, 2.05) is 30.3 Å². The summed E-state index contributed by atoms with van der Waals surface area (Å²) in [5.74, 6) is 0.0501. The molecule has 28 heavy (non-hydrogen) atoms. The molecule has 1 aromatic carbocycles. The van der Waals surface area contributed by atoms with Gasteiger partial charge < -0.3 is 5.11 Å². The van der Waals surface area contributed by atoms with E-state index < -0.39 is 6.10 Å². The molecule has 1 rings (SSSR count). The maximum absolute atomic E-state index is 12.1. The molecule has 1 aromatic rings. The molecule has 0 fully saturated rings. The Morgan fingerprint density at radius 2 is 1.14 bits per heavy atom. The monoisotopic (exact) mass is 388 g/mol. The van der Waals surface area contributed by atoms with Crippen LogP contribution in [0.25, 0.3) is 0 Å². The van der Waals surface area contributed by atoms with Crippen LogP contribution in [-0.2, 0) is 0 Å². The predicted molar refractivity (Wildman–Crippen MR) is 121 cm³/mol. The molecule has 1 atom stereocenters. The molecule has 0 radical (unpaired) electrons. The first-order valence-electron chi connectivity index (χ1n) is 12.0. The Kier molecular flexibility index (Phi) is 15.9. The molecule has 0 bridgehead atoms. The molecule has 0 aliphatic heterocycles. The number of aliphatic hydroxyl groups is 1. The fourth-order valence-electron chi connectivity index (χ4n) is 3.81. The van der Waals surface area contributed by atoms with E-state index >= 15 is 0 Å². The molecule has 0 aliphatic rings.